The van der Waals surface area contributed by atoms with E-state index in [4.69, 9.17) is 0 Å². The minimum atomic E-state index is -2.95. The highest BCUT2D eigenvalue weighted by Gasteiger charge is 2.21. The molecule has 0 unspecified atom stereocenters. The van der Waals surface area contributed by atoms with Gasteiger partial charge in [-0.25, -0.2) is 27.5 Å². The van der Waals surface area contributed by atoms with Crippen molar-refractivity contribution in [2.24, 2.45) is 0 Å². The van der Waals surface area contributed by atoms with Crippen molar-refractivity contribution >= 4 is 23.4 Å². The molecular weight excluding hydrogens is 448 g/mol. The topological polar surface area (TPSA) is 64.1 Å². The number of carbonyl (C=O) groups is 1. The maximum Gasteiger partial charge on any atom is 0.387 e. The lowest BCUT2D eigenvalue weighted by Crippen LogP contribution is -2.17. The summed E-state index contributed by atoms with van der Waals surface area (Å²) < 4.78 is 82.4. The number of ether oxygens (including phenoxy) is 1. The fourth-order valence-electron chi connectivity index (χ4n) is 2.37. The van der Waals surface area contributed by atoms with Crippen LogP contribution in [-0.4, -0.2) is 28.2 Å². The van der Waals surface area contributed by atoms with E-state index >= 15 is 0 Å². The van der Waals surface area contributed by atoms with E-state index in [-0.39, 0.29) is 17.0 Å². The van der Waals surface area contributed by atoms with Crippen molar-refractivity contribution in [3.63, 3.8) is 0 Å². The summed E-state index contributed by atoms with van der Waals surface area (Å²) >= 11 is 0.798. The second-order valence-corrected chi connectivity index (χ2v) is 6.75. The number of rotatable bonds is 7. The first-order chi connectivity index (χ1) is 14.7. The maximum atomic E-state index is 13.6. The SMILES string of the molecule is O=C(CSc1nccc(-c2ccc(OC(F)F)cc2)n1)Nc1c(F)c(F)cc(F)c1F. The molecule has 12 heteroatoms. The Morgan fingerprint density at radius 3 is 2.29 bits per heavy atom. The summed E-state index contributed by atoms with van der Waals surface area (Å²) in [5, 5.41) is 1.90. The molecule has 0 bridgehead atoms. The Bertz CT molecular complexity index is 1070. The summed E-state index contributed by atoms with van der Waals surface area (Å²) in [5.41, 5.74) is -0.274. The summed E-state index contributed by atoms with van der Waals surface area (Å²) in [6, 6.07) is 7.20. The highest BCUT2D eigenvalue weighted by molar-refractivity contribution is 7.99. The average molecular weight is 459 g/mol. The van der Waals surface area contributed by atoms with Crippen molar-refractivity contribution in [2.45, 2.75) is 11.8 Å². The highest BCUT2D eigenvalue weighted by atomic mass is 32.2. The van der Waals surface area contributed by atoms with Crippen LogP contribution in [-0.2, 0) is 4.79 Å². The number of halogens is 6. The predicted octanol–water partition coefficient (Wildman–Crippen LogP) is 5.03. The Kier molecular flexibility index (Phi) is 7.00. The fraction of sp³-hybridized carbons (Fsp3) is 0.105. The van der Waals surface area contributed by atoms with Gasteiger partial charge in [-0.1, -0.05) is 11.8 Å². The molecule has 162 valence electrons. The maximum absolute atomic E-state index is 13.6. The van der Waals surface area contributed by atoms with Gasteiger partial charge in [-0.15, -0.1) is 0 Å². The van der Waals surface area contributed by atoms with E-state index in [1.54, 1.807) is 5.32 Å². The van der Waals surface area contributed by atoms with Crippen LogP contribution in [0.25, 0.3) is 11.3 Å². The van der Waals surface area contributed by atoms with Gasteiger partial charge in [0.2, 0.25) is 5.91 Å². The average Bonchev–Trinajstić information content (AvgIpc) is 2.74. The van der Waals surface area contributed by atoms with Gasteiger partial charge in [0.05, 0.1) is 11.4 Å². The van der Waals surface area contributed by atoms with E-state index in [0.29, 0.717) is 11.3 Å². The molecule has 0 aliphatic heterocycles. The zero-order chi connectivity index (χ0) is 22.5. The molecule has 0 saturated heterocycles. The number of benzene rings is 2. The summed E-state index contributed by atoms with van der Waals surface area (Å²) in [6.45, 7) is -2.95. The number of nitrogens with zero attached hydrogens (tertiary/aromatic N) is 2. The van der Waals surface area contributed by atoms with Gasteiger partial charge in [-0.2, -0.15) is 8.78 Å². The van der Waals surface area contributed by atoms with Gasteiger partial charge in [-0.05, 0) is 30.3 Å². The number of alkyl halides is 2. The first-order valence-electron chi connectivity index (χ1n) is 8.38. The van der Waals surface area contributed by atoms with E-state index in [1.165, 1.54) is 36.5 Å². The first kappa shape index (κ1) is 22.4. The molecule has 2 aromatic carbocycles. The van der Waals surface area contributed by atoms with E-state index in [2.05, 4.69) is 14.7 Å². The second-order valence-electron chi connectivity index (χ2n) is 5.81. The standard InChI is InChI=1S/C19H11F6N3O2S/c20-11-7-12(21)16(23)17(15(11)22)28-14(29)8-31-19-26-6-5-13(27-19)9-1-3-10(4-2-9)30-18(24)25/h1-7,18H,8H2,(H,28,29). The summed E-state index contributed by atoms with van der Waals surface area (Å²) in [4.78, 5) is 20.1. The molecule has 0 aliphatic carbocycles. The first-order valence-corrected chi connectivity index (χ1v) is 9.37. The third kappa shape index (κ3) is 5.66. The molecule has 0 fully saturated rings. The highest BCUT2D eigenvalue weighted by Crippen LogP contribution is 2.26. The quantitative estimate of drug-likeness (QED) is 0.232. The summed E-state index contributed by atoms with van der Waals surface area (Å²) in [5.74, 6) is -8.15. The minimum absolute atomic E-state index is 0.0283. The van der Waals surface area contributed by atoms with E-state index in [1.807, 2.05) is 0 Å². The van der Waals surface area contributed by atoms with Gasteiger partial charge < -0.3 is 10.1 Å². The molecule has 0 spiro atoms. The van der Waals surface area contributed by atoms with Crippen LogP contribution in [0, 0.1) is 23.3 Å². The van der Waals surface area contributed by atoms with Crippen molar-refractivity contribution in [1.29, 1.82) is 0 Å². The van der Waals surface area contributed by atoms with E-state index < -0.39 is 47.2 Å². The van der Waals surface area contributed by atoms with Crippen molar-refractivity contribution in [3.05, 3.63) is 65.9 Å². The van der Waals surface area contributed by atoms with Gasteiger partial charge in [0, 0.05) is 17.8 Å². The molecule has 1 aromatic heterocycles. The molecule has 0 saturated carbocycles. The molecular formula is C19H11F6N3O2S. The number of carbonyl (C=O) groups excluding carboxylic acids is 1. The lowest BCUT2D eigenvalue weighted by Gasteiger charge is -2.09. The molecule has 1 heterocycles. The number of hydrogen-bond acceptors (Lipinski definition) is 5. The Labute approximate surface area is 175 Å². The number of anilines is 1. The molecule has 1 N–H and O–H groups in total. The zero-order valence-electron chi connectivity index (χ0n) is 15.2. The summed E-state index contributed by atoms with van der Waals surface area (Å²) in [6.07, 6.45) is 1.38. The van der Waals surface area contributed by atoms with Crippen LogP contribution in [0.4, 0.5) is 32.0 Å². The lowest BCUT2D eigenvalue weighted by atomic mass is 10.1. The smallest absolute Gasteiger partial charge is 0.387 e. The molecule has 1 amide bonds. The summed E-state index contributed by atoms with van der Waals surface area (Å²) in [7, 11) is 0. The molecule has 0 aliphatic rings. The van der Waals surface area contributed by atoms with Crippen molar-refractivity contribution in [1.82, 2.24) is 9.97 Å². The lowest BCUT2D eigenvalue weighted by molar-refractivity contribution is -0.113. The van der Waals surface area contributed by atoms with Crippen LogP contribution >= 0.6 is 11.8 Å². The Morgan fingerprint density at radius 2 is 1.68 bits per heavy atom. The predicted molar refractivity (Wildman–Crippen MR) is 99.7 cm³/mol. The van der Waals surface area contributed by atoms with Crippen LogP contribution in [0.15, 0.2) is 47.8 Å². The normalized spacial score (nSPS) is 10.9. The largest absolute Gasteiger partial charge is 0.435 e. The van der Waals surface area contributed by atoms with Gasteiger partial charge in [-0.3, -0.25) is 4.79 Å². The Hall–Kier alpha value is -3.28. The fourth-order valence-corrected chi connectivity index (χ4v) is 3.00. The molecule has 0 radical (unpaired) electrons. The third-order valence-electron chi connectivity index (χ3n) is 3.72. The number of hydrogen-bond donors (Lipinski definition) is 1. The molecule has 31 heavy (non-hydrogen) atoms. The zero-order valence-corrected chi connectivity index (χ0v) is 16.0. The van der Waals surface area contributed by atoms with Crippen LogP contribution in [0.2, 0.25) is 0 Å². The third-order valence-corrected chi connectivity index (χ3v) is 4.58. The van der Waals surface area contributed by atoms with Crippen LogP contribution < -0.4 is 10.1 Å². The van der Waals surface area contributed by atoms with Crippen molar-refractivity contribution in [2.75, 3.05) is 11.1 Å². The molecule has 5 nitrogen and oxygen atoms in total. The van der Waals surface area contributed by atoms with Crippen LogP contribution in [0.1, 0.15) is 0 Å². The minimum Gasteiger partial charge on any atom is -0.435 e. The second kappa shape index (κ2) is 9.69. The van der Waals surface area contributed by atoms with Gasteiger partial charge in [0.15, 0.2) is 28.4 Å². The van der Waals surface area contributed by atoms with E-state index in [9.17, 15) is 31.1 Å². The van der Waals surface area contributed by atoms with Gasteiger partial charge in [0.1, 0.15) is 11.4 Å². The van der Waals surface area contributed by atoms with Gasteiger partial charge in [0.25, 0.3) is 0 Å². The van der Waals surface area contributed by atoms with Crippen LogP contribution in [0.5, 0.6) is 5.75 Å². The number of aromatic nitrogens is 2. The number of nitrogens with one attached hydrogen (secondary N) is 1. The molecule has 0 atom stereocenters. The monoisotopic (exact) mass is 459 g/mol. The molecule has 3 rings (SSSR count). The molecule has 3 aromatic rings. The van der Waals surface area contributed by atoms with E-state index in [0.717, 1.165) is 11.8 Å². The Balaban J connectivity index is 1.66. The number of thioether (sulfide) groups is 1. The number of amides is 1. The van der Waals surface area contributed by atoms with Gasteiger partial charge >= 0.3 is 6.61 Å². The Morgan fingerprint density at radius 1 is 1.03 bits per heavy atom. The van der Waals surface area contributed by atoms with Crippen molar-refractivity contribution < 1.29 is 35.9 Å². The van der Waals surface area contributed by atoms with Crippen molar-refractivity contribution in [3.8, 4) is 17.0 Å². The van der Waals surface area contributed by atoms with Crippen LogP contribution in [0.3, 0.4) is 0 Å².